The standard InChI is InChI=1S/C17H20ClNO2/c1-17(20,14-5-3-2-4-6-14)11-16(19)21-12-13-7-9-15(18)10-8-13/h2-10,16,20H,11-12,19H2,1H3. The fourth-order valence-electron chi connectivity index (χ4n) is 2.15. The van der Waals surface area contributed by atoms with Crippen LogP contribution in [0.5, 0.6) is 0 Å². The number of hydrogen-bond acceptors (Lipinski definition) is 3. The Morgan fingerprint density at radius 3 is 2.38 bits per heavy atom. The molecular weight excluding hydrogens is 286 g/mol. The van der Waals surface area contributed by atoms with Gasteiger partial charge in [0.25, 0.3) is 0 Å². The minimum Gasteiger partial charge on any atom is -0.385 e. The maximum atomic E-state index is 10.5. The Balaban J connectivity index is 1.89. The summed E-state index contributed by atoms with van der Waals surface area (Å²) in [6.07, 6.45) is -0.221. The first-order valence-corrected chi connectivity index (χ1v) is 7.25. The Morgan fingerprint density at radius 1 is 1.14 bits per heavy atom. The lowest BCUT2D eigenvalue weighted by molar-refractivity contribution is -0.0365. The van der Waals surface area contributed by atoms with Crippen LogP contribution in [-0.2, 0) is 16.9 Å². The number of nitrogens with two attached hydrogens (primary N) is 1. The van der Waals surface area contributed by atoms with Crippen molar-refractivity contribution in [3.63, 3.8) is 0 Å². The Morgan fingerprint density at radius 2 is 1.76 bits per heavy atom. The van der Waals surface area contributed by atoms with Crippen LogP contribution in [0.3, 0.4) is 0 Å². The monoisotopic (exact) mass is 305 g/mol. The molecule has 0 radical (unpaired) electrons. The van der Waals surface area contributed by atoms with Crippen molar-refractivity contribution in [1.29, 1.82) is 0 Å². The van der Waals surface area contributed by atoms with Gasteiger partial charge in [-0.15, -0.1) is 0 Å². The van der Waals surface area contributed by atoms with Crippen molar-refractivity contribution in [1.82, 2.24) is 0 Å². The van der Waals surface area contributed by atoms with E-state index in [0.717, 1.165) is 11.1 Å². The molecule has 0 aliphatic rings. The Kier molecular flexibility index (Phi) is 5.37. The number of ether oxygens (including phenoxy) is 1. The summed E-state index contributed by atoms with van der Waals surface area (Å²) in [5.41, 5.74) is 6.78. The van der Waals surface area contributed by atoms with Crippen molar-refractivity contribution >= 4 is 11.6 Å². The van der Waals surface area contributed by atoms with Crippen LogP contribution >= 0.6 is 11.6 Å². The minimum atomic E-state index is -1.01. The zero-order valence-electron chi connectivity index (χ0n) is 12.0. The maximum absolute atomic E-state index is 10.5. The Hall–Kier alpha value is -1.39. The molecule has 3 nitrogen and oxygen atoms in total. The normalized spacial score (nSPS) is 15.4. The first-order valence-electron chi connectivity index (χ1n) is 6.87. The molecule has 2 unspecified atom stereocenters. The number of benzene rings is 2. The SMILES string of the molecule is CC(O)(CC(N)OCc1ccc(Cl)cc1)c1ccccc1. The number of aliphatic hydroxyl groups is 1. The first-order chi connectivity index (χ1) is 9.97. The fourth-order valence-corrected chi connectivity index (χ4v) is 2.28. The lowest BCUT2D eigenvalue weighted by Gasteiger charge is -2.27. The van der Waals surface area contributed by atoms with E-state index in [0.29, 0.717) is 18.1 Å². The van der Waals surface area contributed by atoms with Crippen LogP contribution in [0.25, 0.3) is 0 Å². The fraction of sp³-hybridized carbons (Fsp3) is 0.294. The quantitative estimate of drug-likeness (QED) is 0.804. The van der Waals surface area contributed by atoms with Gasteiger partial charge in [-0.25, -0.2) is 0 Å². The van der Waals surface area contributed by atoms with Gasteiger partial charge in [0, 0.05) is 11.4 Å². The minimum absolute atomic E-state index is 0.324. The smallest absolute Gasteiger partial charge is 0.109 e. The zero-order valence-corrected chi connectivity index (χ0v) is 12.8. The van der Waals surface area contributed by atoms with E-state index in [-0.39, 0.29) is 0 Å². The molecule has 0 aliphatic heterocycles. The highest BCUT2D eigenvalue weighted by Gasteiger charge is 2.26. The molecule has 0 fully saturated rings. The lowest BCUT2D eigenvalue weighted by Crippen LogP contribution is -2.34. The van der Waals surface area contributed by atoms with E-state index in [4.69, 9.17) is 22.1 Å². The molecule has 2 aromatic rings. The lowest BCUT2D eigenvalue weighted by atomic mass is 9.92. The predicted octanol–water partition coefficient (Wildman–Crippen LogP) is 3.44. The summed E-state index contributed by atoms with van der Waals surface area (Å²) in [5.74, 6) is 0. The summed E-state index contributed by atoms with van der Waals surface area (Å²) in [6, 6.07) is 16.9. The van der Waals surface area contributed by atoms with Crippen molar-refractivity contribution in [3.05, 3.63) is 70.7 Å². The van der Waals surface area contributed by atoms with Gasteiger partial charge < -0.3 is 15.6 Å². The molecule has 0 saturated heterocycles. The molecule has 0 spiro atoms. The van der Waals surface area contributed by atoms with Gasteiger partial charge in [-0.1, -0.05) is 54.1 Å². The third-order valence-electron chi connectivity index (χ3n) is 3.37. The molecule has 112 valence electrons. The van der Waals surface area contributed by atoms with E-state index in [2.05, 4.69) is 0 Å². The van der Waals surface area contributed by atoms with Crippen LogP contribution in [0.15, 0.2) is 54.6 Å². The van der Waals surface area contributed by atoms with Gasteiger partial charge in [-0.3, -0.25) is 0 Å². The van der Waals surface area contributed by atoms with E-state index in [1.807, 2.05) is 54.6 Å². The molecule has 0 bridgehead atoms. The highest BCUT2D eigenvalue weighted by molar-refractivity contribution is 6.30. The molecule has 4 heteroatoms. The van der Waals surface area contributed by atoms with Gasteiger partial charge >= 0.3 is 0 Å². The maximum Gasteiger partial charge on any atom is 0.109 e. The van der Waals surface area contributed by atoms with Crippen LogP contribution in [0.2, 0.25) is 5.02 Å². The molecule has 21 heavy (non-hydrogen) atoms. The Labute approximate surface area is 130 Å². The van der Waals surface area contributed by atoms with Gasteiger partial charge in [0.2, 0.25) is 0 Å². The second kappa shape index (κ2) is 7.05. The third kappa shape index (κ3) is 4.83. The molecule has 0 saturated carbocycles. The topological polar surface area (TPSA) is 55.5 Å². The highest BCUT2D eigenvalue weighted by Crippen LogP contribution is 2.25. The summed E-state index contributed by atoms with van der Waals surface area (Å²) in [4.78, 5) is 0. The van der Waals surface area contributed by atoms with Crippen LogP contribution < -0.4 is 5.73 Å². The van der Waals surface area contributed by atoms with E-state index in [1.54, 1.807) is 6.92 Å². The molecule has 2 aromatic carbocycles. The van der Waals surface area contributed by atoms with Gasteiger partial charge in [0.1, 0.15) is 6.23 Å². The first kappa shape index (κ1) is 16.0. The van der Waals surface area contributed by atoms with Gasteiger partial charge in [-0.05, 0) is 30.2 Å². The second-order valence-electron chi connectivity index (χ2n) is 5.32. The van der Waals surface area contributed by atoms with Crippen molar-refractivity contribution in [2.45, 2.75) is 31.8 Å². The largest absolute Gasteiger partial charge is 0.385 e. The van der Waals surface area contributed by atoms with Crippen LogP contribution in [0, 0.1) is 0 Å². The van der Waals surface area contributed by atoms with Crippen molar-refractivity contribution in [2.75, 3.05) is 0 Å². The van der Waals surface area contributed by atoms with Crippen LogP contribution in [0.1, 0.15) is 24.5 Å². The summed E-state index contributed by atoms with van der Waals surface area (Å²) < 4.78 is 5.60. The van der Waals surface area contributed by atoms with Crippen LogP contribution in [0.4, 0.5) is 0 Å². The average Bonchev–Trinajstić information content (AvgIpc) is 2.47. The van der Waals surface area contributed by atoms with Crippen LogP contribution in [-0.4, -0.2) is 11.3 Å². The van der Waals surface area contributed by atoms with Gasteiger partial charge in [0.15, 0.2) is 0 Å². The molecule has 0 aromatic heterocycles. The molecule has 3 N–H and O–H groups in total. The van der Waals surface area contributed by atoms with E-state index >= 15 is 0 Å². The molecule has 0 amide bonds. The summed E-state index contributed by atoms with van der Waals surface area (Å²) >= 11 is 5.83. The third-order valence-corrected chi connectivity index (χ3v) is 3.62. The van der Waals surface area contributed by atoms with E-state index < -0.39 is 11.8 Å². The van der Waals surface area contributed by atoms with Crippen molar-refractivity contribution in [2.24, 2.45) is 5.73 Å². The number of hydrogen-bond donors (Lipinski definition) is 2. The molecule has 0 heterocycles. The number of rotatable bonds is 6. The second-order valence-corrected chi connectivity index (χ2v) is 5.76. The Bertz CT molecular complexity index is 555. The van der Waals surface area contributed by atoms with Gasteiger partial charge in [-0.2, -0.15) is 0 Å². The van der Waals surface area contributed by atoms with E-state index in [1.165, 1.54) is 0 Å². The zero-order chi connectivity index (χ0) is 15.3. The molecule has 0 aliphatic carbocycles. The molecule has 2 atom stereocenters. The molecular formula is C17H20ClNO2. The highest BCUT2D eigenvalue weighted by atomic mass is 35.5. The van der Waals surface area contributed by atoms with Crippen molar-refractivity contribution in [3.8, 4) is 0 Å². The summed E-state index contributed by atoms with van der Waals surface area (Å²) in [6.45, 7) is 2.14. The van der Waals surface area contributed by atoms with Gasteiger partial charge in [0.05, 0.1) is 12.2 Å². The predicted molar refractivity (Wildman–Crippen MR) is 84.8 cm³/mol. The van der Waals surface area contributed by atoms with Crippen molar-refractivity contribution < 1.29 is 9.84 Å². The summed E-state index contributed by atoms with van der Waals surface area (Å²) in [7, 11) is 0. The number of halogens is 1. The van der Waals surface area contributed by atoms with E-state index in [9.17, 15) is 5.11 Å². The molecule has 2 rings (SSSR count). The summed E-state index contributed by atoms with van der Waals surface area (Å²) in [5, 5.41) is 11.2. The average molecular weight is 306 g/mol.